The summed E-state index contributed by atoms with van der Waals surface area (Å²) < 4.78 is 30.4. The molecule has 0 aliphatic rings. The minimum atomic E-state index is -0.850. The summed E-state index contributed by atoms with van der Waals surface area (Å²) in [4.78, 5) is 0. The van der Waals surface area contributed by atoms with E-state index in [-0.39, 0.29) is 5.92 Å². The summed E-state index contributed by atoms with van der Waals surface area (Å²) in [6, 6.07) is 3.78. The first kappa shape index (κ1) is 11.1. The lowest BCUT2D eigenvalue weighted by Crippen LogP contribution is -2.17. The van der Waals surface area contributed by atoms with Gasteiger partial charge in [-0.3, -0.25) is 0 Å². The van der Waals surface area contributed by atoms with Crippen LogP contribution in [-0.2, 0) is 4.74 Å². The van der Waals surface area contributed by atoms with Gasteiger partial charge in [-0.1, -0.05) is 6.07 Å². The zero-order valence-corrected chi connectivity index (χ0v) is 7.97. The van der Waals surface area contributed by atoms with Crippen LogP contribution in [0, 0.1) is 11.6 Å². The highest BCUT2D eigenvalue weighted by Crippen LogP contribution is 2.17. The van der Waals surface area contributed by atoms with E-state index in [0.717, 1.165) is 12.1 Å². The van der Waals surface area contributed by atoms with Crippen molar-refractivity contribution in [2.45, 2.75) is 5.92 Å². The molecule has 0 aliphatic heterocycles. The maximum Gasteiger partial charge on any atom is 0.159 e. The van der Waals surface area contributed by atoms with Crippen molar-refractivity contribution in [3.05, 3.63) is 35.4 Å². The second-order valence-corrected chi connectivity index (χ2v) is 3.06. The van der Waals surface area contributed by atoms with Crippen LogP contribution in [0.5, 0.6) is 0 Å². The van der Waals surface area contributed by atoms with Crippen molar-refractivity contribution in [3.63, 3.8) is 0 Å². The third-order valence-corrected chi connectivity index (χ3v) is 2.07. The van der Waals surface area contributed by atoms with Crippen LogP contribution in [0.15, 0.2) is 18.2 Å². The Morgan fingerprint density at radius 1 is 1.36 bits per heavy atom. The molecule has 0 spiro atoms. The van der Waals surface area contributed by atoms with E-state index < -0.39 is 11.6 Å². The summed E-state index contributed by atoms with van der Waals surface area (Å²) in [6.45, 7) is 0.750. The van der Waals surface area contributed by atoms with Gasteiger partial charge in [0.25, 0.3) is 0 Å². The second kappa shape index (κ2) is 5.02. The van der Waals surface area contributed by atoms with Crippen LogP contribution in [0.1, 0.15) is 11.5 Å². The van der Waals surface area contributed by atoms with E-state index in [2.05, 4.69) is 0 Å². The van der Waals surface area contributed by atoms with Crippen LogP contribution in [0.25, 0.3) is 0 Å². The molecule has 4 heteroatoms. The molecule has 0 fully saturated rings. The van der Waals surface area contributed by atoms with Gasteiger partial charge in [0.2, 0.25) is 0 Å². The summed E-state index contributed by atoms with van der Waals surface area (Å²) in [5, 5.41) is 0. The Hall–Kier alpha value is -1.00. The van der Waals surface area contributed by atoms with Crippen molar-refractivity contribution in [2.75, 3.05) is 20.3 Å². The average Bonchev–Trinajstić information content (AvgIpc) is 2.19. The van der Waals surface area contributed by atoms with Crippen LogP contribution in [-0.4, -0.2) is 20.3 Å². The van der Waals surface area contributed by atoms with Crippen molar-refractivity contribution in [3.8, 4) is 0 Å². The second-order valence-electron chi connectivity index (χ2n) is 3.06. The molecule has 1 atom stereocenters. The maximum atomic E-state index is 12.9. The molecule has 0 saturated heterocycles. The van der Waals surface area contributed by atoms with Gasteiger partial charge in [-0.2, -0.15) is 0 Å². The zero-order chi connectivity index (χ0) is 10.6. The fourth-order valence-corrected chi connectivity index (χ4v) is 1.27. The van der Waals surface area contributed by atoms with E-state index >= 15 is 0 Å². The number of ether oxygens (including phenoxy) is 1. The SMILES string of the molecule is COCC(CN)c1ccc(F)c(F)c1. The molecule has 0 aromatic heterocycles. The highest BCUT2D eigenvalue weighted by atomic mass is 19.2. The van der Waals surface area contributed by atoms with Crippen molar-refractivity contribution in [2.24, 2.45) is 5.73 Å². The van der Waals surface area contributed by atoms with E-state index in [1.807, 2.05) is 0 Å². The third kappa shape index (κ3) is 2.49. The highest BCUT2D eigenvalue weighted by molar-refractivity contribution is 5.22. The summed E-state index contributed by atoms with van der Waals surface area (Å²) in [5.41, 5.74) is 6.14. The Labute approximate surface area is 81.7 Å². The minimum Gasteiger partial charge on any atom is -0.384 e. The monoisotopic (exact) mass is 201 g/mol. The van der Waals surface area contributed by atoms with E-state index in [0.29, 0.717) is 18.7 Å². The lowest BCUT2D eigenvalue weighted by molar-refractivity contribution is 0.181. The predicted molar refractivity (Wildman–Crippen MR) is 50.0 cm³/mol. The number of benzene rings is 1. The molecule has 14 heavy (non-hydrogen) atoms. The van der Waals surface area contributed by atoms with Gasteiger partial charge in [-0.15, -0.1) is 0 Å². The van der Waals surface area contributed by atoms with Crippen LogP contribution in [0.2, 0.25) is 0 Å². The molecule has 78 valence electrons. The maximum absolute atomic E-state index is 12.9. The Kier molecular flexibility index (Phi) is 3.98. The number of halogens is 2. The van der Waals surface area contributed by atoms with Gasteiger partial charge in [-0.25, -0.2) is 8.78 Å². The third-order valence-electron chi connectivity index (χ3n) is 2.07. The Bertz CT molecular complexity index is 304. The molecular weight excluding hydrogens is 188 g/mol. The molecule has 1 aromatic rings. The lowest BCUT2D eigenvalue weighted by atomic mass is 10.00. The summed E-state index contributed by atoms with van der Waals surface area (Å²) in [6.07, 6.45) is 0. The number of rotatable bonds is 4. The standard InChI is InChI=1S/C10H13F2NO/c1-14-6-8(5-13)7-2-3-9(11)10(12)4-7/h2-4,8H,5-6,13H2,1H3. The van der Waals surface area contributed by atoms with Gasteiger partial charge in [-0.05, 0) is 17.7 Å². The number of hydrogen-bond acceptors (Lipinski definition) is 2. The van der Waals surface area contributed by atoms with Gasteiger partial charge in [0.05, 0.1) is 6.61 Å². The van der Waals surface area contributed by atoms with E-state index in [9.17, 15) is 8.78 Å². The van der Waals surface area contributed by atoms with Gasteiger partial charge < -0.3 is 10.5 Å². The molecule has 0 radical (unpaired) electrons. The smallest absolute Gasteiger partial charge is 0.159 e. The lowest BCUT2D eigenvalue weighted by Gasteiger charge is -2.13. The van der Waals surface area contributed by atoms with Crippen LogP contribution >= 0.6 is 0 Å². The summed E-state index contributed by atoms with van der Waals surface area (Å²) in [5.74, 6) is -1.78. The van der Waals surface area contributed by atoms with Crippen LogP contribution < -0.4 is 5.73 Å². The Morgan fingerprint density at radius 3 is 2.57 bits per heavy atom. The molecule has 1 rings (SSSR count). The summed E-state index contributed by atoms with van der Waals surface area (Å²) in [7, 11) is 1.54. The summed E-state index contributed by atoms with van der Waals surface area (Å²) >= 11 is 0. The normalized spacial score (nSPS) is 12.9. The first-order valence-electron chi connectivity index (χ1n) is 4.33. The topological polar surface area (TPSA) is 35.2 Å². The molecule has 0 heterocycles. The van der Waals surface area contributed by atoms with E-state index in [1.54, 1.807) is 7.11 Å². The molecule has 2 nitrogen and oxygen atoms in total. The van der Waals surface area contributed by atoms with E-state index in [4.69, 9.17) is 10.5 Å². The number of nitrogens with two attached hydrogens (primary N) is 1. The fourth-order valence-electron chi connectivity index (χ4n) is 1.27. The van der Waals surface area contributed by atoms with Gasteiger partial charge >= 0.3 is 0 Å². The molecule has 1 unspecified atom stereocenters. The van der Waals surface area contributed by atoms with Crippen molar-refractivity contribution in [1.29, 1.82) is 0 Å². The van der Waals surface area contributed by atoms with Crippen LogP contribution in [0.3, 0.4) is 0 Å². The van der Waals surface area contributed by atoms with Crippen LogP contribution in [0.4, 0.5) is 8.78 Å². The predicted octanol–water partition coefficient (Wildman–Crippen LogP) is 1.65. The fraction of sp³-hybridized carbons (Fsp3) is 0.400. The molecule has 0 bridgehead atoms. The molecule has 0 saturated carbocycles. The molecule has 0 aliphatic carbocycles. The molecule has 1 aromatic carbocycles. The highest BCUT2D eigenvalue weighted by Gasteiger charge is 2.11. The molecular formula is C10H13F2NO. The van der Waals surface area contributed by atoms with Crippen molar-refractivity contribution in [1.82, 2.24) is 0 Å². The van der Waals surface area contributed by atoms with Gasteiger partial charge in [0.15, 0.2) is 11.6 Å². The van der Waals surface area contributed by atoms with Gasteiger partial charge in [0.1, 0.15) is 0 Å². The molecule has 2 N–H and O–H groups in total. The van der Waals surface area contributed by atoms with E-state index in [1.165, 1.54) is 6.07 Å². The van der Waals surface area contributed by atoms with Gasteiger partial charge in [0, 0.05) is 19.6 Å². The van der Waals surface area contributed by atoms with Crippen molar-refractivity contribution >= 4 is 0 Å². The largest absolute Gasteiger partial charge is 0.384 e. The first-order valence-corrected chi connectivity index (χ1v) is 4.33. The molecule has 0 amide bonds. The zero-order valence-electron chi connectivity index (χ0n) is 7.97. The number of methoxy groups -OCH3 is 1. The minimum absolute atomic E-state index is 0.0879. The quantitative estimate of drug-likeness (QED) is 0.804. The Balaban J connectivity index is 2.88. The first-order chi connectivity index (χ1) is 6.69. The van der Waals surface area contributed by atoms with Crippen molar-refractivity contribution < 1.29 is 13.5 Å². The average molecular weight is 201 g/mol. The number of hydrogen-bond donors (Lipinski definition) is 1. The Morgan fingerprint density at radius 2 is 2.07 bits per heavy atom.